The summed E-state index contributed by atoms with van der Waals surface area (Å²) in [6.45, 7) is 2.82. The minimum atomic E-state index is -0.112. The van der Waals surface area contributed by atoms with Crippen LogP contribution in [0.4, 0.5) is 0 Å². The first-order chi connectivity index (χ1) is 8.66. The summed E-state index contributed by atoms with van der Waals surface area (Å²) >= 11 is 0. The van der Waals surface area contributed by atoms with Gasteiger partial charge in [-0.1, -0.05) is 12.8 Å². The quantitative estimate of drug-likeness (QED) is 0.399. The molecule has 106 valence electrons. The van der Waals surface area contributed by atoms with Gasteiger partial charge in [0.1, 0.15) is 5.78 Å². The van der Waals surface area contributed by atoms with E-state index in [-0.39, 0.29) is 11.8 Å². The maximum Gasteiger partial charge on any atom is 0.305 e. The number of hydrogen-bond donors (Lipinski definition) is 0. The standard InChI is InChI=1S/C14H26O4/c1-13(15)9-5-3-4-6-10-14(16)18-12-8-7-11-17-2/h3-12H2,1-2H3. The van der Waals surface area contributed by atoms with Gasteiger partial charge in [0.05, 0.1) is 6.61 Å². The van der Waals surface area contributed by atoms with Crippen LogP contribution in [-0.4, -0.2) is 32.1 Å². The highest BCUT2D eigenvalue weighted by atomic mass is 16.5. The highest BCUT2D eigenvalue weighted by molar-refractivity contribution is 5.75. The molecule has 0 radical (unpaired) electrons. The molecule has 0 aromatic carbocycles. The SMILES string of the molecule is COCCCCOC(=O)CCCCCCC(C)=O. The lowest BCUT2D eigenvalue weighted by Crippen LogP contribution is -2.06. The molecule has 0 amide bonds. The van der Waals surface area contributed by atoms with Crippen LogP contribution in [0.1, 0.15) is 58.3 Å². The van der Waals surface area contributed by atoms with Gasteiger partial charge in [0.25, 0.3) is 0 Å². The van der Waals surface area contributed by atoms with Gasteiger partial charge in [0.15, 0.2) is 0 Å². The van der Waals surface area contributed by atoms with Gasteiger partial charge in [0.2, 0.25) is 0 Å². The summed E-state index contributed by atoms with van der Waals surface area (Å²) in [4.78, 5) is 22.0. The summed E-state index contributed by atoms with van der Waals surface area (Å²) in [6.07, 6.45) is 6.73. The van der Waals surface area contributed by atoms with Crippen LogP contribution in [0, 0.1) is 0 Å². The van der Waals surface area contributed by atoms with E-state index in [0.717, 1.165) is 38.5 Å². The number of ether oxygens (including phenoxy) is 2. The first kappa shape index (κ1) is 17.1. The van der Waals surface area contributed by atoms with Crippen LogP contribution >= 0.6 is 0 Å². The van der Waals surface area contributed by atoms with Crippen molar-refractivity contribution in [1.82, 2.24) is 0 Å². The van der Waals surface area contributed by atoms with Crippen LogP contribution in [0.5, 0.6) is 0 Å². The maximum absolute atomic E-state index is 11.3. The van der Waals surface area contributed by atoms with Crippen molar-refractivity contribution in [2.75, 3.05) is 20.3 Å². The first-order valence-corrected chi connectivity index (χ1v) is 6.81. The number of hydrogen-bond acceptors (Lipinski definition) is 4. The number of methoxy groups -OCH3 is 1. The van der Waals surface area contributed by atoms with Crippen LogP contribution in [-0.2, 0) is 19.1 Å². The van der Waals surface area contributed by atoms with E-state index in [1.165, 1.54) is 0 Å². The Kier molecular flexibility index (Phi) is 11.9. The Morgan fingerprint density at radius 2 is 1.44 bits per heavy atom. The second kappa shape index (κ2) is 12.6. The van der Waals surface area contributed by atoms with E-state index < -0.39 is 0 Å². The molecular formula is C14H26O4. The number of unbranched alkanes of at least 4 members (excludes halogenated alkanes) is 4. The zero-order valence-electron chi connectivity index (χ0n) is 11.7. The van der Waals surface area contributed by atoms with Crippen molar-refractivity contribution >= 4 is 11.8 Å². The molecule has 0 N–H and O–H groups in total. The number of carbonyl (C=O) groups is 2. The topological polar surface area (TPSA) is 52.6 Å². The van der Waals surface area contributed by atoms with E-state index in [2.05, 4.69) is 0 Å². The van der Waals surface area contributed by atoms with Crippen molar-refractivity contribution in [2.45, 2.75) is 58.3 Å². The van der Waals surface area contributed by atoms with Gasteiger partial charge >= 0.3 is 5.97 Å². The monoisotopic (exact) mass is 258 g/mol. The number of Topliss-reactive ketones (excluding diaryl/α,β-unsaturated/α-hetero) is 1. The second-order valence-electron chi connectivity index (χ2n) is 4.54. The molecule has 0 unspecified atom stereocenters. The van der Waals surface area contributed by atoms with Crippen LogP contribution in [0.2, 0.25) is 0 Å². The molecule has 4 nitrogen and oxygen atoms in total. The number of carbonyl (C=O) groups excluding carboxylic acids is 2. The molecule has 0 heterocycles. The average Bonchev–Trinajstić information content (AvgIpc) is 2.33. The average molecular weight is 258 g/mol. The summed E-state index contributed by atoms with van der Waals surface area (Å²) in [6, 6.07) is 0. The van der Waals surface area contributed by atoms with Crippen molar-refractivity contribution in [3.05, 3.63) is 0 Å². The molecule has 0 aromatic heterocycles. The fourth-order valence-corrected chi connectivity index (χ4v) is 1.60. The van der Waals surface area contributed by atoms with Gasteiger partial charge in [-0.2, -0.15) is 0 Å². The van der Waals surface area contributed by atoms with Crippen molar-refractivity contribution in [3.63, 3.8) is 0 Å². The maximum atomic E-state index is 11.3. The summed E-state index contributed by atoms with van der Waals surface area (Å²) in [5.74, 6) is 0.129. The summed E-state index contributed by atoms with van der Waals surface area (Å²) in [7, 11) is 1.66. The number of ketones is 1. The molecular weight excluding hydrogens is 232 g/mol. The molecule has 0 aliphatic carbocycles. The highest BCUT2D eigenvalue weighted by Crippen LogP contribution is 2.06. The molecule has 18 heavy (non-hydrogen) atoms. The fourth-order valence-electron chi connectivity index (χ4n) is 1.60. The van der Waals surface area contributed by atoms with E-state index in [1.807, 2.05) is 0 Å². The van der Waals surface area contributed by atoms with Crippen LogP contribution in [0.25, 0.3) is 0 Å². The lowest BCUT2D eigenvalue weighted by molar-refractivity contribution is -0.144. The number of esters is 1. The van der Waals surface area contributed by atoms with Gasteiger partial charge in [-0.15, -0.1) is 0 Å². The van der Waals surface area contributed by atoms with Crippen molar-refractivity contribution in [3.8, 4) is 0 Å². The minimum absolute atomic E-state index is 0.112. The molecule has 0 fully saturated rings. The van der Waals surface area contributed by atoms with Crippen molar-refractivity contribution < 1.29 is 19.1 Å². The van der Waals surface area contributed by atoms with E-state index >= 15 is 0 Å². The lowest BCUT2D eigenvalue weighted by atomic mass is 10.1. The predicted molar refractivity (Wildman–Crippen MR) is 70.5 cm³/mol. The van der Waals surface area contributed by atoms with Crippen molar-refractivity contribution in [2.24, 2.45) is 0 Å². The van der Waals surface area contributed by atoms with Crippen LogP contribution in [0.15, 0.2) is 0 Å². The van der Waals surface area contributed by atoms with E-state index in [9.17, 15) is 9.59 Å². The third-order valence-electron chi connectivity index (χ3n) is 2.67. The largest absolute Gasteiger partial charge is 0.466 e. The second-order valence-corrected chi connectivity index (χ2v) is 4.54. The molecule has 4 heteroatoms. The predicted octanol–water partition coefficient (Wildman–Crippen LogP) is 2.89. The van der Waals surface area contributed by atoms with E-state index in [4.69, 9.17) is 9.47 Å². The van der Waals surface area contributed by atoms with Gasteiger partial charge in [-0.3, -0.25) is 4.79 Å². The smallest absolute Gasteiger partial charge is 0.305 e. The third-order valence-corrected chi connectivity index (χ3v) is 2.67. The van der Waals surface area contributed by atoms with Crippen LogP contribution < -0.4 is 0 Å². The zero-order chi connectivity index (χ0) is 13.6. The summed E-state index contributed by atoms with van der Waals surface area (Å²) < 4.78 is 9.99. The Labute approximate surface area is 110 Å². The summed E-state index contributed by atoms with van der Waals surface area (Å²) in [5.41, 5.74) is 0. The number of rotatable bonds is 12. The van der Waals surface area contributed by atoms with E-state index in [1.54, 1.807) is 14.0 Å². The molecule has 0 saturated heterocycles. The van der Waals surface area contributed by atoms with Crippen LogP contribution in [0.3, 0.4) is 0 Å². The third kappa shape index (κ3) is 13.2. The Balaban J connectivity index is 3.19. The molecule has 0 bridgehead atoms. The molecule has 0 saturated carbocycles. The Morgan fingerprint density at radius 1 is 0.833 bits per heavy atom. The first-order valence-electron chi connectivity index (χ1n) is 6.81. The highest BCUT2D eigenvalue weighted by Gasteiger charge is 2.02. The molecule has 0 spiro atoms. The molecule has 0 aliphatic heterocycles. The Bertz CT molecular complexity index is 226. The van der Waals surface area contributed by atoms with E-state index in [0.29, 0.717) is 26.1 Å². The lowest BCUT2D eigenvalue weighted by Gasteiger charge is -2.04. The van der Waals surface area contributed by atoms with Gasteiger partial charge in [-0.05, 0) is 32.6 Å². The zero-order valence-corrected chi connectivity index (χ0v) is 11.7. The Hall–Kier alpha value is -0.900. The van der Waals surface area contributed by atoms with Gasteiger partial charge < -0.3 is 14.3 Å². The fraction of sp³-hybridized carbons (Fsp3) is 0.857. The van der Waals surface area contributed by atoms with Gasteiger partial charge in [0, 0.05) is 26.6 Å². The minimum Gasteiger partial charge on any atom is -0.466 e. The molecule has 0 aromatic rings. The van der Waals surface area contributed by atoms with Gasteiger partial charge in [-0.25, -0.2) is 0 Å². The molecule has 0 aliphatic rings. The Morgan fingerprint density at radius 3 is 2.06 bits per heavy atom. The molecule has 0 atom stereocenters. The van der Waals surface area contributed by atoms with Crippen molar-refractivity contribution in [1.29, 1.82) is 0 Å². The summed E-state index contributed by atoms with van der Waals surface area (Å²) in [5, 5.41) is 0. The normalized spacial score (nSPS) is 10.3. The molecule has 0 rings (SSSR count).